The molecule has 2 rings (SSSR count). The Morgan fingerprint density at radius 1 is 1.38 bits per heavy atom. The average Bonchev–Trinajstić information content (AvgIpc) is 3.25. The molecule has 1 amide bonds. The average molecular weight is 293 g/mol. The maximum atomic E-state index is 12.7. The van der Waals surface area contributed by atoms with E-state index in [0.29, 0.717) is 0 Å². The summed E-state index contributed by atoms with van der Waals surface area (Å²) in [6.45, 7) is 3.25. The molecule has 6 nitrogen and oxygen atoms in total. The standard InChI is InChI=1S/C15H19NO5/c1-8-6-11(13(17)12(7-8)21-3)14(18)16(10-4-5-10)9(2)15(19)20/h6-7,9-10,17H,4-5H2,1-3H3,(H,19,20). The molecule has 1 aliphatic carbocycles. The van der Waals surface area contributed by atoms with Gasteiger partial charge in [-0.3, -0.25) is 4.79 Å². The number of aryl methyl sites for hydroxylation is 1. The van der Waals surface area contributed by atoms with E-state index in [-0.39, 0.29) is 23.1 Å². The first kappa shape index (κ1) is 15.2. The van der Waals surface area contributed by atoms with Gasteiger partial charge in [0.05, 0.1) is 12.7 Å². The van der Waals surface area contributed by atoms with Gasteiger partial charge >= 0.3 is 5.97 Å². The number of carbonyl (C=O) groups is 2. The van der Waals surface area contributed by atoms with Gasteiger partial charge in [-0.1, -0.05) is 0 Å². The second-order valence-electron chi connectivity index (χ2n) is 5.32. The Hall–Kier alpha value is -2.24. The normalized spacial score (nSPS) is 15.4. The monoisotopic (exact) mass is 293 g/mol. The second kappa shape index (κ2) is 5.63. The molecule has 1 fully saturated rings. The molecular weight excluding hydrogens is 274 g/mol. The van der Waals surface area contributed by atoms with Crippen molar-refractivity contribution in [3.63, 3.8) is 0 Å². The minimum Gasteiger partial charge on any atom is -0.504 e. The lowest BCUT2D eigenvalue weighted by Gasteiger charge is -2.27. The minimum atomic E-state index is -1.06. The molecule has 2 N–H and O–H groups in total. The lowest BCUT2D eigenvalue weighted by Crippen LogP contribution is -2.44. The van der Waals surface area contributed by atoms with Gasteiger partial charge in [0.25, 0.3) is 5.91 Å². The summed E-state index contributed by atoms with van der Waals surface area (Å²) in [7, 11) is 1.40. The molecular formula is C15H19NO5. The highest BCUT2D eigenvalue weighted by atomic mass is 16.5. The number of aromatic hydroxyl groups is 1. The SMILES string of the molecule is COc1cc(C)cc(C(=O)N(C2CC2)C(C)C(=O)O)c1O. The van der Waals surface area contributed by atoms with Gasteiger partial charge in [0.15, 0.2) is 11.5 Å². The van der Waals surface area contributed by atoms with Gasteiger partial charge in [0, 0.05) is 6.04 Å². The van der Waals surface area contributed by atoms with Crippen molar-refractivity contribution in [3.05, 3.63) is 23.3 Å². The summed E-state index contributed by atoms with van der Waals surface area (Å²) < 4.78 is 5.04. The van der Waals surface area contributed by atoms with Crippen LogP contribution in [0.5, 0.6) is 11.5 Å². The fraction of sp³-hybridized carbons (Fsp3) is 0.467. The summed E-state index contributed by atoms with van der Waals surface area (Å²) in [4.78, 5) is 25.2. The van der Waals surface area contributed by atoms with E-state index < -0.39 is 17.9 Å². The van der Waals surface area contributed by atoms with Crippen molar-refractivity contribution in [1.82, 2.24) is 4.90 Å². The van der Waals surface area contributed by atoms with Gasteiger partial charge in [0.1, 0.15) is 6.04 Å². The van der Waals surface area contributed by atoms with E-state index in [9.17, 15) is 14.7 Å². The molecule has 0 heterocycles. The maximum Gasteiger partial charge on any atom is 0.326 e. The first-order chi connectivity index (χ1) is 9.86. The summed E-state index contributed by atoms with van der Waals surface area (Å²) >= 11 is 0. The molecule has 21 heavy (non-hydrogen) atoms. The third-order valence-corrected chi connectivity index (χ3v) is 3.62. The molecule has 1 unspecified atom stereocenters. The van der Waals surface area contributed by atoms with E-state index in [1.165, 1.54) is 18.9 Å². The van der Waals surface area contributed by atoms with Gasteiger partial charge < -0.3 is 19.8 Å². The molecule has 0 saturated heterocycles. The van der Waals surface area contributed by atoms with Crippen molar-refractivity contribution in [3.8, 4) is 11.5 Å². The van der Waals surface area contributed by atoms with Crippen molar-refractivity contribution in [1.29, 1.82) is 0 Å². The van der Waals surface area contributed by atoms with Crippen LogP contribution in [0.2, 0.25) is 0 Å². The Labute approximate surface area is 122 Å². The largest absolute Gasteiger partial charge is 0.504 e. The van der Waals surface area contributed by atoms with Crippen molar-refractivity contribution < 1.29 is 24.5 Å². The molecule has 1 atom stereocenters. The number of ether oxygens (including phenoxy) is 1. The number of phenols is 1. The smallest absolute Gasteiger partial charge is 0.326 e. The number of methoxy groups -OCH3 is 1. The van der Waals surface area contributed by atoms with Crippen LogP contribution in [-0.4, -0.2) is 46.2 Å². The Morgan fingerprint density at radius 3 is 2.48 bits per heavy atom. The number of benzene rings is 1. The van der Waals surface area contributed by atoms with E-state index in [0.717, 1.165) is 18.4 Å². The van der Waals surface area contributed by atoms with Crippen molar-refractivity contribution >= 4 is 11.9 Å². The third kappa shape index (κ3) is 2.94. The Balaban J connectivity index is 2.42. The van der Waals surface area contributed by atoms with Crippen LogP contribution in [0, 0.1) is 6.92 Å². The molecule has 0 radical (unpaired) electrons. The summed E-state index contributed by atoms with van der Waals surface area (Å²) in [6, 6.07) is 2.16. The highest BCUT2D eigenvalue weighted by molar-refractivity contribution is 6.00. The summed E-state index contributed by atoms with van der Waals surface area (Å²) in [5, 5.41) is 19.3. The van der Waals surface area contributed by atoms with Gasteiger partial charge in [-0.15, -0.1) is 0 Å². The lowest BCUT2D eigenvalue weighted by atomic mass is 10.1. The first-order valence-electron chi connectivity index (χ1n) is 6.80. The number of amides is 1. The number of hydrogen-bond donors (Lipinski definition) is 2. The molecule has 0 aliphatic heterocycles. The molecule has 114 valence electrons. The number of phenolic OH excluding ortho intramolecular Hbond substituents is 1. The van der Waals surface area contributed by atoms with E-state index in [1.54, 1.807) is 19.1 Å². The fourth-order valence-corrected chi connectivity index (χ4v) is 2.33. The summed E-state index contributed by atoms with van der Waals surface area (Å²) in [5.74, 6) is -1.59. The number of aliphatic carboxylic acids is 1. The van der Waals surface area contributed by atoms with Gasteiger partial charge in [-0.05, 0) is 44.4 Å². The van der Waals surface area contributed by atoms with Gasteiger partial charge in [0.2, 0.25) is 0 Å². The second-order valence-corrected chi connectivity index (χ2v) is 5.32. The zero-order chi connectivity index (χ0) is 15.7. The molecule has 6 heteroatoms. The Kier molecular flexibility index (Phi) is 4.06. The van der Waals surface area contributed by atoms with E-state index in [2.05, 4.69) is 0 Å². The van der Waals surface area contributed by atoms with Crippen molar-refractivity contribution in [2.45, 2.75) is 38.8 Å². The molecule has 0 aromatic heterocycles. The highest BCUT2D eigenvalue weighted by Gasteiger charge is 2.39. The van der Waals surface area contributed by atoms with Crippen LogP contribution < -0.4 is 4.74 Å². The molecule has 0 bridgehead atoms. The number of hydrogen-bond acceptors (Lipinski definition) is 4. The van der Waals surface area contributed by atoms with Crippen LogP contribution in [0.1, 0.15) is 35.7 Å². The zero-order valence-electron chi connectivity index (χ0n) is 12.3. The Morgan fingerprint density at radius 2 is 2.00 bits per heavy atom. The fourth-order valence-electron chi connectivity index (χ4n) is 2.33. The molecule has 1 aliphatic rings. The topological polar surface area (TPSA) is 87.1 Å². The van der Waals surface area contributed by atoms with E-state index in [4.69, 9.17) is 9.84 Å². The highest BCUT2D eigenvalue weighted by Crippen LogP contribution is 2.36. The summed E-state index contributed by atoms with van der Waals surface area (Å²) in [5.41, 5.74) is 0.832. The number of nitrogens with zero attached hydrogens (tertiary/aromatic N) is 1. The van der Waals surface area contributed by atoms with Gasteiger partial charge in [-0.2, -0.15) is 0 Å². The zero-order valence-corrected chi connectivity index (χ0v) is 12.3. The molecule has 1 aromatic rings. The number of rotatable bonds is 5. The van der Waals surface area contributed by atoms with Crippen molar-refractivity contribution in [2.75, 3.05) is 7.11 Å². The lowest BCUT2D eigenvalue weighted by molar-refractivity contribution is -0.141. The number of carboxylic acid groups (broad SMARTS) is 1. The van der Waals surface area contributed by atoms with Crippen LogP contribution in [0.25, 0.3) is 0 Å². The quantitative estimate of drug-likeness (QED) is 0.864. The van der Waals surface area contributed by atoms with Gasteiger partial charge in [-0.25, -0.2) is 4.79 Å². The first-order valence-corrected chi connectivity index (χ1v) is 6.80. The predicted octanol–water partition coefficient (Wildman–Crippen LogP) is 1.79. The summed E-state index contributed by atoms with van der Waals surface area (Å²) in [6.07, 6.45) is 1.57. The molecule has 1 aromatic carbocycles. The predicted molar refractivity (Wildman–Crippen MR) is 75.7 cm³/mol. The molecule has 1 saturated carbocycles. The number of carboxylic acids is 1. The Bertz CT molecular complexity index is 580. The van der Waals surface area contributed by atoms with Crippen LogP contribution in [0.15, 0.2) is 12.1 Å². The maximum absolute atomic E-state index is 12.7. The van der Waals surface area contributed by atoms with E-state index >= 15 is 0 Å². The third-order valence-electron chi connectivity index (χ3n) is 3.62. The molecule has 0 spiro atoms. The van der Waals surface area contributed by atoms with Crippen LogP contribution >= 0.6 is 0 Å². The van der Waals surface area contributed by atoms with Crippen molar-refractivity contribution in [2.24, 2.45) is 0 Å². The van der Waals surface area contributed by atoms with Crippen LogP contribution in [0.3, 0.4) is 0 Å². The van der Waals surface area contributed by atoms with E-state index in [1.807, 2.05) is 0 Å². The van der Waals surface area contributed by atoms with Crippen LogP contribution in [-0.2, 0) is 4.79 Å². The van der Waals surface area contributed by atoms with Crippen LogP contribution in [0.4, 0.5) is 0 Å². The minimum absolute atomic E-state index is 0.0745. The number of carbonyl (C=O) groups excluding carboxylic acids is 1.